The number of hydrogen-bond donors (Lipinski definition) is 0. The first kappa shape index (κ1) is 29.8. The number of sulfonamides is 1. The van der Waals surface area contributed by atoms with Gasteiger partial charge in [-0.2, -0.15) is 0 Å². The molecule has 11 nitrogen and oxygen atoms in total. The van der Waals surface area contributed by atoms with Crippen LogP contribution in [0.2, 0.25) is 0 Å². The maximum Gasteiger partial charge on any atom is 0.306 e. The van der Waals surface area contributed by atoms with Gasteiger partial charge in [0.1, 0.15) is 11.6 Å². The van der Waals surface area contributed by atoms with Crippen LogP contribution in [0, 0.1) is 24.0 Å². The summed E-state index contributed by atoms with van der Waals surface area (Å²) in [5.74, 6) is 0.597. The zero-order chi connectivity index (χ0) is 31.9. The third-order valence-electron chi connectivity index (χ3n) is 8.14. The molecule has 0 amide bonds. The number of nitrogens with zero attached hydrogens (tertiary/aromatic N) is 4. The minimum atomic E-state index is -4.47. The molecule has 0 spiro atoms. The van der Waals surface area contributed by atoms with E-state index in [1.807, 2.05) is 60.9 Å². The SMILES string of the molecule is COC(=O)C[C@@H]1COc2cc(N(Cc3cccc(-n4c(C)nc5ccccc54)c3C)S(=O)(=O)c3ccccc3[N+](=O)[O-])ccc21. The van der Waals surface area contributed by atoms with E-state index in [9.17, 15) is 23.3 Å². The van der Waals surface area contributed by atoms with Crippen molar-refractivity contribution in [3.63, 3.8) is 0 Å². The molecule has 1 aliphatic heterocycles. The molecule has 0 aliphatic carbocycles. The molecular formula is C33H30N4O7S. The molecule has 0 bridgehead atoms. The average Bonchev–Trinajstić information content (AvgIpc) is 3.59. The highest BCUT2D eigenvalue weighted by atomic mass is 32.2. The molecule has 0 N–H and O–H groups in total. The van der Waals surface area contributed by atoms with Crippen LogP contribution >= 0.6 is 0 Å². The van der Waals surface area contributed by atoms with Crippen LogP contribution < -0.4 is 9.04 Å². The Morgan fingerprint density at radius 3 is 2.60 bits per heavy atom. The Hall–Kier alpha value is -5.23. The summed E-state index contributed by atoms with van der Waals surface area (Å²) in [6.07, 6.45) is 0.120. The van der Waals surface area contributed by atoms with Gasteiger partial charge in [0.25, 0.3) is 15.7 Å². The van der Waals surface area contributed by atoms with E-state index in [4.69, 9.17) is 9.47 Å². The van der Waals surface area contributed by atoms with Gasteiger partial charge in [-0.15, -0.1) is 0 Å². The first-order valence-electron chi connectivity index (χ1n) is 14.2. The van der Waals surface area contributed by atoms with Crippen LogP contribution in [0.1, 0.15) is 34.9 Å². The number of esters is 1. The number of para-hydroxylation sites is 3. The van der Waals surface area contributed by atoms with Gasteiger partial charge in [0.2, 0.25) is 0 Å². The highest BCUT2D eigenvalue weighted by Crippen LogP contribution is 2.41. The van der Waals surface area contributed by atoms with Crippen molar-refractivity contribution in [2.45, 2.75) is 37.6 Å². The molecule has 1 atom stereocenters. The molecule has 230 valence electrons. The monoisotopic (exact) mass is 626 g/mol. The van der Waals surface area contributed by atoms with Gasteiger partial charge in [-0.05, 0) is 55.3 Å². The number of methoxy groups -OCH3 is 1. The average molecular weight is 627 g/mol. The molecule has 2 heterocycles. The van der Waals surface area contributed by atoms with E-state index >= 15 is 0 Å². The van der Waals surface area contributed by atoms with E-state index in [0.29, 0.717) is 11.3 Å². The van der Waals surface area contributed by atoms with E-state index in [1.54, 1.807) is 18.2 Å². The van der Waals surface area contributed by atoms with Crippen LogP contribution in [0.15, 0.2) is 89.8 Å². The third-order valence-corrected chi connectivity index (χ3v) is 9.96. The van der Waals surface area contributed by atoms with Gasteiger partial charge < -0.3 is 9.47 Å². The van der Waals surface area contributed by atoms with Crippen molar-refractivity contribution in [1.82, 2.24) is 9.55 Å². The third kappa shape index (κ3) is 5.37. The minimum absolute atomic E-state index is 0.120. The molecule has 0 fully saturated rings. The number of anilines is 1. The number of benzene rings is 4. The lowest BCUT2D eigenvalue weighted by Crippen LogP contribution is -2.31. The topological polar surface area (TPSA) is 134 Å². The maximum absolute atomic E-state index is 14.4. The molecule has 12 heteroatoms. The van der Waals surface area contributed by atoms with Crippen molar-refractivity contribution < 1.29 is 27.6 Å². The molecule has 0 saturated carbocycles. The van der Waals surface area contributed by atoms with Crippen molar-refractivity contribution in [3.8, 4) is 11.4 Å². The Kier molecular flexibility index (Phi) is 7.75. The normalized spacial score (nSPS) is 14.2. The number of ether oxygens (including phenoxy) is 2. The summed E-state index contributed by atoms with van der Waals surface area (Å²) in [5.41, 5.74) is 4.60. The molecule has 1 aliphatic rings. The number of aromatic nitrogens is 2. The molecule has 4 aromatic carbocycles. The van der Waals surface area contributed by atoms with Crippen molar-refractivity contribution >= 4 is 38.4 Å². The number of aryl methyl sites for hydroxylation is 1. The number of carbonyl (C=O) groups excluding carboxylic acids is 1. The van der Waals surface area contributed by atoms with Crippen LogP contribution in [-0.2, 0) is 26.1 Å². The zero-order valence-corrected chi connectivity index (χ0v) is 25.7. The van der Waals surface area contributed by atoms with Crippen molar-refractivity contribution in [2.24, 2.45) is 0 Å². The summed E-state index contributed by atoms with van der Waals surface area (Å²) in [7, 11) is -3.14. The lowest BCUT2D eigenvalue weighted by Gasteiger charge is -2.26. The highest BCUT2D eigenvalue weighted by molar-refractivity contribution is 7.93. The van der Waals surface area contributed by atoms with Gasteiger partial charge in [-0.3, -0.25) is 23.8 Å². The lowest BCUT2D eigenvalue weighted by molar-refractivity contribution is -0.387. The van der Waals surface area contributed by atoms with E-state index in [-0.39, 0.29) is 37.1 Å². The fraction of sp³-hybridized carbons (Fsp3) is 0.212. The number of fused-ring (bicyclic) bond motifs is 2. The standard InChI is InChI=1S/C33H30N4O7S/c1-21-23(9-8-13-28(21)36-22(2)34-27-10-4-5-11-29(27)36)19-35(45(41,42)32-14-7-6-12-30(32)37(39)40)25-15-16-26-24(17-33(38)43-3)20-44-31(26)18-25/h4-16,18,24H,17,19-20H2,1-3H3/t24-/m1/s1. The molecule has 1 aromatic heterocycles. The molecule has 0 saturated heterocycles. The number of imidazole rings is 1. The second-order valence-corrected chi connectivity index (χ2v) is 12.6. The van der Waals surface area contributed by atoms with E-state index < -0.39 is 25.5 Å². The molecule has 0 unspecified atom stereocenters. The van der Waals surface area contributed by atoms with Crippen LogP contribution in [0.5, 0.6) is 5.75 Å². The van der Waals surface area contributed by atoms with E-state index in [0.717, 1.165) is 38.0 Å². The Balaban J connectivity index is 1.47. The quantitative estimate of drug-likeness (QED) is 0.111. The van der Waals surface area contributed by atoms with Gasteiger partial charge in [0, 0.05) is 23.6 Å². The minimum Gasteiger partial charge on any atom is -0.493 e. The van der Waals surface area contributed by atoms with Gasteiger partial charge in [0.05, 0.1) is 54.0 Å². The Labute approximate surface area is 259 Å². The Bertz CT molecular complexity index is 2070. The Morgan fingerprint density at radius 2 is 1.82 bits per heavy atom. The van der Waals surface area contributed by atoms with Crippen molar-refractivity contribution in [2.75, 3.05) is 18.0 Å². The summed E-state index contributed by atoms with van der Waals surface area (Å²) in [5, 5.41) is 11.9. The van der Waals surface area contributed by atoms with Gasteiger partial charge in [-0.25, -0.2) is 13.4 Å². The number of carbonyl (C=O) groups is 1. The zero-order valence-electron chi connectivity index (χ0n) is 24.8. The molecule has 0 radical (unpaired) electrons. The summed E-state index contributed by atoms with van der Waals surface area (Å²) in [6, 6.07) is 23.7. The van der Waals surface area contributed by atoms with Gasteiger partial charge in [-0.1, -0.05) is 42.5 Å². The van der Waals surface area contributed by atoms with Crippen LogP contribution in [0.3, 0.4) is 0 Å². The predicted octanol–water partition coefficient (Wildman–Crippen LogP) is 5.99. The summed E-state index contributed by atoms with van der Waals surface area (Å²) in [6.45, 7) is 3.95. The van der Waals surface area contributed by atoms with E-state index in [1.165, 1.54) is 31.4 Å². The number of hydrogen-bond acceptors (Lipinski definition) is 8. The number of nitro benzene ring substituents is 1. The highest BCUT2D eigenvalue weighted by Gasteiger charge is 2.34. The van der Waals surface area contributed by atoms with Gasteiger partial charge in [0.15, 0.2) is 4.90 Å². The lowest BCUT2D eigenvalue weighted by atomic mass is 9.97. The van der Waals surface area contributed by atoms with Crippen molar-refractivity contribution in [1.29, 1.82) is 0 Å². The fourth-order valence-corrected chi connectivity index (χ4v) is 7.42. The van der Waals surface area contributed by atoms with Crippen LogP contribution in [0.25, 0.3) is 16.7 Å². The summed E-state index contributed by atoms with van der Waals surface area (Å²) in [4.78, 5) is 27.4. The van der Waals surface area contributed by atoms with Crippen LogP contribution in [0.4, 0.5) is 11.4 Å². The second kappa shape index (κ2) is 11.7. The van der Waals surface area contributed by atoms with E-state index in [2.05, 4.69) is 4.98 Å². The number of nitro groups is 1. The van der Waals surface area contributed by atoms with Crippen LogP contribution in [-0.4, -0.2) is 42.6 Å². The van der Waals surface area contributed by atoms with Gasteiger partial charge >= 0.3 is 5.97 Å². The fourth-order valence-electron chi connectivity index (χ4n) is 5.82. The molecule has 6 rings (SSSR count). The Morgan fingerprint density at radius 1 is 1.07 bits per heavy atom. The molecular weight excluding hydrogens is 596 g/mol. The number of rotatable bonds is 9. The predicted molar refractivity (Wildman–Crippen MR) is 168 cm³/mol. The smallest absolute Gasteiger partial charge is 0.306 e. The molecule has 45 heavy (non-hydrogen) atoms. The molecule has 5 aromatic rings. The second-order valence-electron chi connectivity index (χ2n) is 10.8. The summed E-state index contributed by atoms with van der Waals surface area (Å²) < 4.78 is 42.6. The maximum atomic E-state index is 14.4. The summed E-state index contributed by atoms with van der Waals surface area (Å²) >= 11 is 0. The van der Waals surface area contributed by atoms with Crippen molar-refractivity contribution in [3.05, 3.63) is 118 Å². The first-order chi connectivity index (χ1) is 21.6. The first-order valence-corrected chi connectivity index (χ1v) is 15.7. The largest absolute Gasteiger partial charge is 0.493 e.